The first-order valence-electron chi connectivity index (χ1n) is 7.01. The van der Waals surface area contributed by atoms with Gasteiger partial charge in [-0.25, -0.2) is 9.86 Å². The lowest BCUT2D eigenvalue weighted by Gasteiger charge is -2.23. The first-order chi connectivity index (χ1) is 10.7. The van der Waals surface area contributed by atoms with Gasteiger partial charge in [0.15, 0.2) is 6.61 Å². The molecule has 0 aliphatic carbocycles. The van der Waals surface area contributed by atoms with E-state index in [0.717, 1.165) is 5.06 Å². The van der Waals surface area contributed by atoms with E-state index in [4.69, 9.17) is 9.57 Å². The van der Waals surface area contributed by atoms with Gasteiger partial charge in [-0.1, -0.05) is 18.2 Å². The topological polar surface area (TPSA) is 82.1 Å². The standard InChI is InChI=1S/C16H21NO6/c1-16(2,3)23-14(19)11-22-17(10-13(18)21-4)15(20)12-8-6-5-7-9-12/h5-9H,10-11H2,1-4H3. The van der Waals surface area contributed by atoms with Crippen molar-refractivity contribution in [1.82, 2.24) is 5.06 Å². The van der Waals surface area contributed by atoms with E-state index in [2.05, 4.69) is 4.74 Å². The Balaban J connectivity index is 2.75. The van der Waals surface area contributed by atoms with Crippen LogP contribution in [-0.2, 0) is 23.9 Å². The van der Waals surface area contributed by atoms with Crippen LogP contribution in [-0.4, -0.2) is 48.8 Å². The monoisotopic (exact) mass is 323 g/mol. The van der Waals surface area contributed by atoms with E-state index in [1.54, 1.807) is 51.1 Å². The van der Waals surface area contributed by atoms with E-state index in [1.807, 2.05) is 0 Å². The molecule has 7 heteroatoms. The molecule has 0 saturated carbocycles. The highest BCUT2D eigenvalue weighted by Crippen LogP contribution is 2.09. The molecule has 7 nitrogen and oxygen atoms in total. The highest BCUT2D eigenvalue weighted by Gasteiger charge is 2.23. The van der Waals surface area contributed by atoms with E-state index in [0.29, 0.717) is 5.56 Å². The number of rotatable bonds is 6. The number of hydrogen-bond donors (Lipinski definition) is 0. The van der Waals surface area contributed by atoms with Gasteiger partial charge in [0, 0.05) is 5.56 Å². The van der Waals surface area contributed by atoms with Crippen LogP contribution in [0.3, 0.4) is 0 Å². The second kappa shape index (κ2) is 8.28. The summed E-state index contributed by atoms with van der Waals surface area (Å²) < 4.78 is 9.61. The van der Waals surface area contributed by atoms with Gasteiger partial charge in [0.1, 0.15) is 12.1 Å². The summed E-state index contributed by atoms with van der Waals surface area (Å²) in [5, 5.41) is 0.783. The van der Waals surface area contributed by atoms with Crippen LogP contribution < -0.4 is 0 Å². The minimum Gasteiger partial charge on any atom is -0.468 e. The highest BCUT2D eigenvalue weighted by molar-refractivity contribution is 5.95. The molecule has 0 aliphatic heterocycles. The number of methoxy groups -OCH3 is 1. The Kier molecular flexibility index (Phi) is 6.71. The highest BCUT2D eigenvalue weighted by atomic mass is 16.7. The molecule has 1 aromatic carbocycles. The van der Waals surface area contributed by atoms with Gasteiger partial charge in [-0.05, 0) is 32.9 Å². The Labute approximate surface area is 135 Å². The number of carbonyl (C=O) groups excluding carboxylic acids is 3. The fourth-order valence-electron chi connectivity index (χ4n) is 1.58. The molecule has 23 heavy (non-hydrogen) atoms. The van der Waals surface area contributed by atoms with Crippen molar-refractivity contribution < 1.29 is 28.7 Å². The van der Waals surface area contributed by atoms with Crippen molar-refractivity contribution in [3.05, 3.63) is 35.9 Å². The fourth-order valence-corrected chi connectivity index (χ4v) is 1.58. The maximum atomic E-state index is 12.3. The molecule has 0 atom stereocenters. The van der Waals surface area contributed by atoms with Crippen LogP contribution in [0.25, 0.3) is 0 Å². The smallest absolute Gasteiger partial charge is 0.335 e. The van der Waals surface area contributed by atoms with Gasteiger partial charge < -0.3 is 9.47 Å². The zero-order valence-corrected chi connectivity index (χ0v) is 13.7. The van der Waals surface area contributed by atoms with Crippen molar-refractivity contribution >= 4 is 17.8 Å². The van der Waals surface area contributed by atoms with Crippen LogP contribution in [0, 0.1) is 0 Å². The number of nitrogens with zero attached hydrogens (tertiary/aromatic N) is 1. The van der Waals surface area contributed by atoms with Crippen LogP contribution >= 0.6 is 0 Å². The summed E-state index contributed by atoms with van der Waals surface area (Å²) in [6.45, 7) is 4.21. The zero-order chi connectivity index (χ0) is 17.5. The molecule has 0 saturated heterocycles. The molecule has 0 aromatic heterocycles. The normalized spacial score (nSPS) is 10.8. The van der Waals surface area contributed by atoms with E-state index >= 15 is 0 Å². The molecule has 0 unspecified atom stereocenters. The second-order valence-corrected chi connectivity index (χ2v) is 5.64. The molecule has 0 aliphatic rings. The summed E-state index contributed by atoms with van der Waals surface area (Å²) in [5.41, 5.74) is -0.350. The first kappa shape index (κ1) is 18.6. The number of hydrogen-bond acceptors (Lipinski definition) is 6. The molecule has 1 rings (SSSR count). The summed E-state index contributed by atoms with van der Waals surface area (Å²) >= 11 is 0. The predicted molar refractivity (Wildman–Crippen MR) is 81.3 cm³/mol. The van der Waals surface area contributed by atoms with Crippen LogP contribution in [0.15, 0.2) is 30.3 Å². The molecule has 0 bridgehead atoms. The van der Waals surface area contributed by atoms with Crippen molar-refractivity contribution in [3.8, 4) is 0 Å². The summed E-state index contributed by atoms with van der Waals surface area (Å²) in [5.74, 6) is -1.87. The van der Waals surface area contributed by atoms with Crippen molar-refractivity contribution in [1.29, 1.82) is 0 Å². The summed E-state index contributed by atoms with van der Waals surface area (Å²) in [7, 11) is 1.20. The van der Waals surface area contributed by atoms with Crippen LogP contribution in [0.5, 0.6) is 0 Å². The Bertz CT molecular complexity index is 549. The maximum Gasteiger partial charge on any atom is 0.335 e. The van der Waals surface area contributed by atoms with Gasteiger partial charge in [-0.15, -0.1) is 0 Å². The number of carbonyl (C=O) groups is 3. The molecule has 1 amide bonds. The molecule has 0 fully saturated rings. The summed E-state index contributed by atoms with van der Waals surface area (Å²) in [4.78, 5) is 40.6. The third-order valence-electron chi connectivity index (χ3n) is 2.51. The Hall–Kier alpha value is -2.41. The Morgan fingerprint density at radius 2 is 1.65 bits per heavy atom. The predicted octanol–water partition coefficient (Wildman–Crippen LogP) is 1.58. The number of hydroxylamine groups is 2. The third-order valence-corrected chi connectivity index (χ3v) is 2.51. The Morgan fingerprint density at radius 1 is 1.04 bits per heavy atom. The maximum absolute atomic E-state index is 12.3. The van der Waals surface area contributed by atoms with Gasteiger partial charge in [0.2, 0.25) is 0 Å². The minimum atomic E-state index is -0.670. The average molecular weight is 323 g/mol. The number of ether oxygens (including phenoxy) is 2. The van der Waals surface area contributed by atoms with Crippen LogP contribution in [0.4, 0.5) is 0 Å². The van der Waals surface area contributed by atoms with Crippen LogP contribution in [0.2, 0.25) is 0 Å². The van der Waals surface area contributed by atoms with Gasteiger partial charge in [-0.2, -0.15) is 0 Å². The first-order valence-corrected chi connectivity index (χ1v) is 7.01. The summed E-state index contributed by atoms with van der Waals surface area (Å²) in [6.07, 6.45) is 0. The van der Waals surface area contributed by atoms with Crippen molar-refractivity contribution in [2.45, 2.75) is 26.4 Å². The zero-order valence-electron chi connectivity index (χ0n) is 13.7. The molecule has 1 aromatic rings. The largest absolute Gasteiger partial charge is 0.468 e. The number of amides is 1. The van der Waals surface area contributed by atoms with E-state index in [9.17, 15) is 14.4 Å². The second-order valence-electron chi connectivity index (χ2n) is 5.64. The van der Waals surface area contributed by atoms with Gasteiger partial charge in [0.25, 0.3) is 5.91 Å². The van der Waals surface area contributed by atoms with Crippen molar-refractivity contribution in [2.75, 3.05) is 20.3 Å². The van der Waals surface area contributed by atoms with Crippen LogP contribution in [0.1, 0.15) is 31.1 Å². The molecule has 126 valence electrons. The molecular weight excluding hydrogens is 302 g/mol. The Morgan fingerprint density at radius 3 is 2.17 bits per heavy atom. The number of esters is 2. The minimum absolute atomic E-state index is 0.320. The van der Waals surface area contributed by atoms with Gasteiger partial charge in [0.05, 0.1) is 7.11 Å². The molecular formula is C16H21NO6. The molecule has 0 N–H and O–H groups in total. The lowest BCUT2D eigenvalue weighted by molar-refractivity contribution is -0.184. The van der Waals surface area contributed by atoms with E-state index in [1.165, 1.54) is 7.11 Å². The van der Waals surface area contributed by atoms with Crippen molar-refractivity contribution in [3.63, 3.8) is 0 Å². The average Bonchev–Trinajstić information content (AvgIpc) is 2.49. The molecule has 0 heterocycles. The third kappa shape index (κ3) is 6.92. The lowest BCUT2D eigenvalue weighted by atomic mass is 10.2. The van der Waals surface area contributed by atoms with Crippen molar-refractivity contribution in [2.24, 2.45) is 0 Å². The fraction of sp³-hybridized carbons (Fsp3) is 0.438. The van der Waals surface area contributed by atoms with E-state index in [-0.39, 0.29) is 0 Å². The molecule has 0 radical (unpaired) electrons. The van der Waals surface area contributed by atoms with Gasteiger partial charge in [-0.3, -0.25) is 14.4 Å². The van der Waals surface area contributed by atoms with Gasteiger partial charge >= 0.3 is 11.9 Å². The number of benzene rings is 1. The quantitative estimate of drug-likeness (QED) is 0.584. The summed E-state index contributed by atoms with van der Waals surface area (Å²) in [6, 6.07) is 8.25. The SMILES string of the molecule is COC(=O)CN(OCC(=O)OC(C)(C)C)C(=O)c1ccccc1. The van der Waals surface area contributed by atoms with E-state index < -0.39 is 36.6 Å². The molecule has 0 spiro atoms. The lowest BCUT2D eigenvalue weighted by Crippen LogP contribution is -2.38.